The minimum Gasteiger partial charge on any atom is -0.379 e. The lowest BCUT2D eigenvalue weighted by atomic mass is 10.0. The topological polar surface area (TPSA) is 9.23 Å². The van der Waals surface area contributed by atoms with Crippen LogP contribution >= 0.6 is 0 Å². The third-order valence-electron chi connectivity index (χ3n) is 2.08. The van der Waals surface area contributed by atoms with E-state index in [-0.39, 0.29) is 5.60 Å². The molecule has 0 heterocycles. The summed E-state index contributed by atoms with van der Waals surface area (Å²) in [4.78, 5) is 0. The fourth-order valence-electron chi connectivity index (χ4n) is 1.01. The van der Waals surface area contributed by atoms with Crippen molar-refractivity contribution in [2.45, 2.75) is 51.6 Å². The largest absolute Gasteiger partial charge is 0.379 e. The van der Waals surface area contributed by atoms with Gasteiger partial charge in [0, 0.05) is 7.11 Å². The number of hydrogen-bond donors (Lipinski definition) is 0. The molecule has 0 amide bonds. The summed E-state index contributed by atoms with van der Waals surface area (Å²) in [6, 6.07) is 0. The zero-order valence-electron chi connectivity index (χ0n) is 8.15. The Labute approximate surface area is 71.1 Å². The van der Waals surface area contributed by atoms with Gasteiger partial charge in [0.25, 0.3) is 0 Å². The van der Waals surface area contributed by atoms with Gasteiger partial charge in [-0.15, -0.1) is 0 Å². The van der Waals surface area contributed by atoms with Gasteiger partial charge in [0.2, 0.25) is 0 Å². The fourth-order valence-corrected chi connectivity index (χ4v) is 1.01. The molecule has 0 atom stereocenters. The molecule has 0 bridgehead atoms. The Bertz CT molecular complexity index is 86.9. The molecule has 67 valence electrons. The summed E-state index contributed by atoms with van der Waals surface area (Å²) in [5.41, 5.74) is 0.0706. The molecule has 1 radical (unpaired) electrons. The van der Waals surface area contributed by atoms with Crippen LogP contribution in [0.2, 0.25) is 0 Å². The van der Waals surface area contributed by atoms with Crippen molar-refractivity contribution in [2.75, 3.05) is 7.11 Å². The Morgan fingerprint density at radius 2 is 1.82 bits per heavy atom. The molecule has 0 saturated carbocycles. The highest BCUT2D eigenvalue weighted by atomic mass is 16.5. The van der Waals surface area contributed by atoms with E-state index in [0.717, 1.165) is 12.8 Å². The van der Waals surface area contributed by atoms with Crippen LogP contribution in [0.15, 0.2) is 0 Å². The maximum atomic E-state index is 5.30. The van der Waals surface area contributed by atoms with Crippen molar-refractivity contribution in [2.24, 2.45) is 0 Å². The normalized spacial score (nSPS) is 12.0. The number of unbranched alkanes of at least 4 members (excludes halogenated alkanes) is 3. The second-order valence-electron chi connectivity index (χ2n) is 3.63. The van der Waals surface area contributed by atoms with Gasteiger partial charge < -0.3 is 4.74 Å². The molecule has 0 aromatic rings. The van der Waals surface area contributed by atoms with Crippen molar-refractivity contribution >= 4 is 0 Å². The molecule has 0 aliphatic rings. The summed E-state index contributed by atoms with van der Waals surface area (Å²) >= 11 is 0. The van der Waals surface area contributed by atoms with E-state index in [9.17, 15) is 0 Å². The third-order valence-corrected chi connectivity index (χ3v) is 2.08. The van der Waals surface area contributed by atoms with Crippen molar-refractivity contribution in [3.63, 3.8) is 0 Å². The summed E-state index contributed by atoms with van der Waals surface area (Å²) in [6.45, 7) is 8.08. The lowest BCUT2D eigenvalue weighted by Gasteiger charge is -2.22. The molecule has 0 fully saturated rings. The van der Waals surface area contributed by atoms with Crippen LogP contribution < -0.4 is 0 Å². The van der Waals surface area contributed by atoms with Crippen LogP contribution in [0.5, 0.6) is 0 Å². The first kappa shape index (κ1) is 11.0. The van der Waals surface area contributed by atoms with Crippen molar-refractivity contribution < 1.29 is 4.74 Å². The van der Waals surface area contributed by atoms with Crippen LogP contribution in [-0.2, 0) is 4.74 Å². The van der Waals surface area contributed by atoms with E-state index < -0.39 is 0 Å². The number of rotatable bonds is 6. The van der Waals surface area contributed by atoms with Gasteiger partial charge in [-0.25, -0.2) is 0 Å². The lowest BCUT2D eigenvalue weighted by molar-refractivity contribution is 0.0134. The zero-order valence-corrected chi connectivity index (χ0v) is 8.15. The van der Waals surface area contributed by atoms with Gasteiger partial charge in [-0.3, -0.25) is 0 Å². The second kappa shape index (κ2) is 5.59. The van der Waals surface area contributed by atoms with E-state index in [1.54, 1.807) is 7.11 Å². The predicted molar refractivity (Wildman–Crippen MR) is 49.5 cm³/mol. The Kier molecular flexibility index (Phi) is 5.57. The first-order chi connectivity index (χ1) is 5.12. The Morgan fingerprint density at radius 1 is 1.18 bits per heavy atom. The molecular formula is C10H21O. The smallest absolute Gasteiger partial charge is 0.0622 e. The molecule has 0 aliphatic heterocycles. The van der Waals surface area contributed by atoms with Crippen LogP contribution in [0.3, 0.4) is 0 Å². The van der Waals surface area contributed by atoms with E-state index in [0.29, 0.717) is 0 Å². The number of hydrogen-bond acceptors (Lipinski definition) is 1. The molecule has 1 heteroatoms. The molecule has 1 nitrogen and oxygen atoms in total. The van der Waals surface area contributed by atoms with Gasteiger partial charge in [-0.2, -0.15) is 0 Å². The highest BCUT2D eigenvalue weighted by Crippen LogP contribution is 2.17. The van der Waals surface area contributed by atoms with Crippen LogP contribution in [0.25, 0.3) is 0 Å². The second-order valence-corrected chi connectivity index (χ2v) is 3.63. The summed E-state index contributed by atoms with van der Waals surface area (Å²) in [5.74, 6) is 0. The van der Waals surface area contributed by atoms with Crippen LogP contribution in [0, 0.1) is 6.92 Å². The van der Waals surface area contributed by atoms with Gasteiger partial charge >= 0.3 is 0 Å². The van der Waals surface area contributed by atoms with Crippen molar-refractivity contribution in [1.82, 2.24) is 0 Å². The zero-order chi connectivity index (χ0) is 8.74. The molecule has 0 spiro atoms. The van der Waals surface area contributed by atoms with E-state index in [4.69, 9.17) is 4.74 Å². The molecule has 0 rings (SSSR count). The van der Waals surface area contributed by atoms with Crippen LogP contribution in [-0.4, -0.2) is 12.7 Å². The maximum Gasteiger partial charge on any atom is 0.0622 e. The summed E-state index contributed by atoms with van der Waals surface area (Å²) in [6.07, 6.45) is 6.02. The van der Waals surface area contributed by atoms with Gasteiger partial charge in [0.1, 0.15) is 0 Å². The minimum absolute atomic E-state index is 0.0706. The Balaban J connectivity index is 3.23. The number of ether oxygens (including phenoxy) is 1. The average molecular weight is 157 g/mol. The summed E-state index contributed by atoms with van der Waals surface area (Å²) in [5, 5.41) is 0. The lowest BCUT2D eigenvalue weighted by Crippen LogP contribution is -2.21. The molecule has 0 unspecified atom stereocenters. The molecular weight excluding hydrogens is 136 g/mol. The van der Waals surface area contributed by atoms with Gasteiger partial charge in [0.15, 0.2) is 0 Å². The fraction of sp³-hybridized carbons (Fsp3) is 0.900. The first-order valence-corrected chi connectivity index (χ1v) is 4.47. The van der Waals surface area contributed by atoms with E-state index in [1.165, 1.54) is 19.3 Å². The van der Waals surface area contributed by atoms with Gasteiger partial charge in [-0.1, -0.05) is 32.6 Å². The van der Waals surface area contributed by atoms with Gasteiger partial charge in [0.05, 0.1) is 5.60 Å². The van der Waals surface area contributed by atoms with E-state index in [1.807, 2.05) is 0 Å². The highest BCUT2D eigenvalue weighted by Gasteiger charge is 2.14. The van der Waals surface area contributed by atoms with Crippen LogP contribution in [0.4, 0.5) is 0 Å². The van der Waals surface area contributed by atoms with Crippen molar-refractivity contribution in [1.29, 1.82) is 0 Å². The van der Waals surface area contributed by atoms with Crippen molar-refractivity contribution in [3.8, 4) is 0 Å². The Morgan fingerprint density at radius 3 is 2.27 bits per heavy atom. The van der Waals surface area contributed by atoms with E-state index >= 15 is 0 Å². The molecule has 0 N–H and O–H groups in total. The highest BCUT2D eigenvalue weighted by molar-refractivity contribution is 4.67. The standard InChI is InChI=1S/C10H21O/c1-5-6-7-8-9-10(2,3)11-4/h1,5-9H2,2-4H3. The maximum absolute atomic E-state index is 5.30. The predicted octanol–water partition coefficient (Wildman–Crippen LogP) is 3.20. The molecule has 11 heavy (non-hydrogen) atoms. The van der Waals surface area contributed by atoms with Gasteiger partial charge in [-0.05, 0) is 20.3 Å². The monoisotopic (exact) mass is 157 g/mol. The SMILES string of the molecule is [CH2]CCCCCC(C)(C)OC. The van der Waals surface area contributed by atoms with E-state index in [2.05, 4.69) is 20.8 Å². The summed E-state index contributed by atoms with van der Waals surface area (Å²) < 4.78 is 5.30. The molecule has 0 aromatic heterocycles. The van der Waals surface area contributed by atoms with Crippen LogP contribution in [0.1, 0.15) is 46.0 Å². The average Bonchev–Trinajstić information content (AvgIpc) is 1.99. The molecule has 0 aliphatic carbocycles. The molecule has 0 aromatic carbocycles. The first-order valence-electron chi connectivity index (χ1n) is 4.47. The third kappa shape index (κ3) is 6.36. The summed E-state index contributed by atoms with van der Waals surface area (Å²) in [7, 11) is 1.78. The molecule has 0 saturated heterocycles. The Hall–Kier alpha value is -0.0400. The quantitative estimate of drug-likeness (QED) is 0.538. The number of methoxy groups -OCH3 is 1. The minimum atomic E-state index is 0.0706. The van der Waals surface area contributed by atoms with Crippen molar-refractivity contribution in [3.05, 3.63) is 6.92 Å².